The van der Waals surface area contributed by atoms with E-state index in [0.29, 0.717) is 0 Å². The Balaban J connectivity index is 1.37. The Morgan fingerprint density at radius 2 is 0.971 bits per heavy atom. The number of hydrogen-bond acceptors (Lipinski definition) is 4. The van der Waals surface area contributed by atoms with Crippen LogP contribution in [0.1, 0.15) is 38.8 Å². The molecular weight excluding hydrogens is 420 g/mol. The summed E-state index contributed by atoms with van der Waals surface area (Å²) < 4.78 is 13.8. The highest BCUT2D eigenvalue weighted by Gasteiger charge is 2.60. The predicted molar refractivity (Wildman–Crippen MR) is 138 cm³/mol. The van der Waals surface area contributed by atoms with Crippen LogP contribution in [0, 0.1) is 0 Å². The largest absolute Gasteiger partial charge is 0.460 e. The zero-order chi connectivity index (χ0) is 23.9. The molecule has 2 aromatic carbocycles. The summed E-state index contributed by atoms with van der Waals surface area (Å²) in [5.74, 6) is 1.50. The van der Waals surface area contributed by atoms with E-state index in [1.807, 2.05) is 12.2 Å². The Bertz CT molecular complexity index is 1210. The lowest BCUT2D eigenvalue weighted by Gasteiger charge is -2.48. The zero-order valence-corrected chi connectivity index (χ0v) is 20.8. The van der Waals surface area contributed by atoms with E-state index in [9.17, 15) is 0 Å². The van der Waals surface area contributed by atoms with Crippen molar-refractivity contribution in [2.45, 2.75) is 50.0 Å². The number of allylic oxidation sites excluding steroid dienone is 4. The predicted octanol–water partition coefficient (Wildman–Crippen LogP) is 6.17. The third-order valence-electron chi connectivity index (χ3n) is 8.58. The van der Waals surface area contributed by atoms with Crippen LogP contribution in [0.3, 0.4) is 0 Å². The smallest absolute Gasteiger partial charge is 0.212 e. The van der Waals surface area contributed by atoms with Crippen LogP contribution in [-0.2, 0) is 20.3 Å². The number of nitrogens with zero attached hydrogens (tertiary/aromatic N) is 2. The van der Waals surface area contributed by atoms with E-state index in [1.165, 1.54) is 22.5 Å². The van der Waals surface area contributed by atoms with Crippen LogP contribution >= 0.6 is 0 Å². The molecule has 2 spiro atoms. The second-order valence-electron chi connectivity index (χ2n) is 10.8. The summed E-state index contributed by atoms with van der Waals surface area (Å²) in [7, 11) is 4.23. The monoisotopic (exact) mass is 452 g/mol. The Hall–Kier alpha value is -3.40. The molecule has 0 N–H and O–H groups in total. The van der Waals surface area contributed by atoms with Crippen LogP contribution < -0.4 is 9.80 Å². The number of likely N-dealkylation sites (N-methyl/N-ethyl adjacent to an activating group) is 2. The molecule has 6 rings (SSSR count). The molecule has 4 nitrogen and oxygen atoms in total. The molecule has 0 bridgehead atoms. The Morgan fingerprint density at radius 3 is 1.35 bits per heavy atom. The van der Waals surface area contributed by atoms with Gasteiger partial charge in [0.15, 0.2) is 11.5 Å². The molecule has 4 aliphatic rings. The molecule has 4 aliphatic heterocycles. The molecule has 2 aromatic rings. The summed E-state index contributed by atoms with van der Waals surface area (Å²) in [5.41, 5.74) is 3.17. The summed E-state index contributed by atoms with van der Waals surface area (Å²) >= 11 is 0. The minimum Gasteiger partial charge on any atom is -0.460 e. The normalized spacial score (nSPS) is 29.5. The first-order chi connectivity index (χ1) is 16.2. The van der Waals surface area contributed by atoms with Crippen LogP contribution in [0.4, 0.5) is 11.4 Å². The lowest BCUT2D eigenvalue weighted by molar-refractivity contribution is -0.0438. The molecule has 4 heteroatoms. The van der Waals surface area contributed by atoms with E-state index >= 15 is 0 Å². The van der Waals surface area contributed by atoms with Crippen LogP contribution in [0.5, 0.6) is 0 Å². The second kappa shape index (κ2) is 6.59. The summed E-state index contributed by atoms with van der Waals surface area (Å²) in [6.07, 6.45) is 12.6. The van der Waals surface area contributed by atoms with Crippen molar-refractivity contribution in [1.82, 2.24) is 0 Å². The lowest BCUT2D eigenvalue weighted by Crippen LogP contribution is -2.57. The van der Waals surface area contributed by atoms with Gasteiger partial charge in [0.05, 0.1) is 10.8 Å². The van der Waals surface area contributed by atoms with Gasteiger partial charge in [-0.1, -0.05) is 48.6 Å². The third kappa shape index (κ3) is 2.33. The van der Waals surface area contributed by atoms with Crippen molar-refractivity contribution in [2.24, 2.45) is 0 Å². The summed E-state index contributed by atoms with van der Waals surface area (Å²) in [4.78, 5) is 4.50. The van der Waals surface area contributed by atoms with E-state index in [0.717, 1.165) is 11.5 Å². The molecule has 0 radical (unpaired) electrons. The third-order valence-corrected chi connectivity index (χ3v) is 8.58. The van der Waals surface area contributed by atoms with Gasteiger partial charge in [-0.15, -0.1) is 0 Å². The molecular formula is C30H32N2O2. The van der Waals surface area contributed by atoms with Gasteiger partial charge in [0.25, 0.3) is 0 Å². The van der Waals surface area contributed by atoms with E-state index in [1.54, 1.807) is 0 Å². The maximum atomic E-state index is 6.92. The van der Waals surface area contributed by atoms with Crippen molar-refractivity contribution >= 4 is 11.4 Å². The Labute approximate surface area is 202 Å². The summed E-state index contributed by atoms with van der Waals surface area (Å²) in [6, 6.07) is 17.1. The first-order valence-corrected chi connectivity index (χ1v) is 12.0. The molecule has 2 unspecified atom stereocenters. The fourth-order valence-corrected chi connectivity index (χ4v) is 6.47. The highest BCUT2D eigenvalue weighted by Crippen LogP contribution is 2.57. The van der Waals surface area contributed by atoms with Gasteiger partial charge in [0.1, 0.15) is 0 Å². The number of rotatable bonds is 1. The average Bonchev–Trinajstić information content (AvgIpc) is 3.11. The molecule has 34 heavy (non-hydrogen) atoms. The minimum atomic E-state index is -0.640. The molecule has 0 aliphatic carbocycles. The summed E-state index contributed by atoms with van der Waals surface area (Å²) in [5, 5.41) is 0. The zero-order valence-electron chi connectivity index (χ0n) is 20.8. The standard InChI is InChI=1S/C30H32N2O2/c1-27(2)21-13-7-9-15-23(21)31(5)29(27)19-11-17-25(33-29)26-18-12-20-30(34-26)28(3,4)22-14-8-10-16-24(22)32(30)6/h7-20H,1-6H3. The van der Waals surface area contributed by atoms with Crippen LogP contribution in [0.15, 0.2) is 96.5 Å². The van der Waals surface area contributed by atoms with Crippen molar-refractivity contribution in [3.8, 4) is 0 Å². The quantitative estimate of drug-likeness (QED) is 0.516. The van der Waals surface area contributed by atoms with Crippen molar-refractivity contribution in [3.05, 3.63) is 108 Å². The maximum absolute atomic E-state index is 6.92. The molecule has 174 valence electrons. The van der Waals surface area contributed by atoms with E-state index in [-0.39, 0.29) is 10.8 Å². The van der Waals surface area contributed by atoms with Crippen molar-refractivity contribution in [3.63, 3.8) is 0 Å². The molecule has 0 saturated carbocycles. The molecule has 0 amide bonds. The van der Waals surface area contributed by atoms with Gasteiger partial charge in [0.2, 0.25) is 11.4 Å². The topological polar surface area (TPSA) is 24.9 Å². The molecule has 0 saturated heterocycles. The van der Waals surface area contributed by atoms with Crippen LogP contribution in [0.2, 0.25) is 0 Å². The average molecular weight is 453 g/mol. The van der Waals surface area contributed by atoms with Crippen molar-refractivity contribution in [1.29, 1.82) is 0 Å². The fourth-order valence-electron chi connectivity index (χ4n) is 6.47. The van der Waals surface area contributed by atoms with Gasteiger partial charge < -0.3 is 19.3 Å². The van der Waals surface area contributed by atoms with E-state index < -0.39 is 11.4 Å². The Morgan fingerprint density at radius 1 is 0.588 bits per heavy atom. The first-order valence-electron chi connectivity index (χ1n) is 12.0. The second-order valence-corrected chi connectivity index (χ2v) is 10.8. The van der Waals surface area contributed by atoms with Crippen molar-refractivity contribution in [2.75, 3.05) is 23.9 Å². The van der Waals surface area contributed by atoms with Crippen molar-refractivity contribution < 1.29 is 9.47 Å². The minimum absolute atomic E-state index is 0.253. The fraction of sp³-hybridized carbons (Fsp3) is 0.333. The van der Waals surface area contributed by atoms with Gasteiger partial charge in [-0.3, -0.25) is 0 Å². The molecule has 4 heterocycles. The number of para-hydroxylation sites is 2. The maximum Gasteiger partial charge on any atom is 0.212 e. The van der Waals surface area contributed by atoms with Gasteiger partial charge in [-0.05, 0) is 75.3 Å². The lowest BCUT2D eigenvalue weighted by atomic mass is 9.76. The number of hydrogen-bond donors (Lipinski definition) is 0. The number of fused-ring (bicyclic) bond motifs is 2. The number of ether oxygens (including phenoxy) is 2. The van der Waals surface area contributed by atoms with Gasteiger partial charge in [-0.2, -0.15) is 0 Å². The Kier molecular flexibility index (Phi) is 4.10. The SMILES string of the molecule is CN1c2ccccc2C(C)(C)C12C=CC=C(C1=CC=CC3(O1)N(C)c1ccccc1C3(C)C)O2. The van der Waals surface area contributed by atoms with Crippen LogP contribution in [-0.4, -0.2) is 25.5 Å². The summed E-state index contributed by atoms with van der Waals surface area (Å²) in [6.45, 7) is 9.02. The number of anilines is 2. The highest BCUT2D eigenvalue weighted by atomic mass is 16.6. The first kappa shape index (κ1) is 21.2. The van der Waals surface area contributed by atoms with Gasteiger partial charge >= 0.3 is 0 Å². The molecule has 2 atom stereocenters. The van der Waals surface area contributed by atoms with Gasteiger partial charge in [-0.25, -0.2) is 0 Å². The molecule has 0 fully saturated rings. The van der Waals surface area contributed by atoms with E-state index in [4.69, 9.17) is 9.47 Å². The van der Waals surface area contributed by atoms with E-state index in [2.05, 4.69) is 124 Å². The molecule has 0 aromatic heterocycles. The van der Waals surface area contributed by atoms with Crippen LogP contribution in [0.25, 0.3) is 0 Å². The highest BCUT2D eigenvalue weighted by molar-refractivity contribution is 5.69. The number of benzene rings is 2. The van der Waals surface area contributed by atoms with Gasteiger partial charge in [0, 0.05) is 25.5 Å².